The number of rotatable bonds is 5. The number of hydrogen-bond acceptors (Lipinski definition) is 1. The molecule has 100 valence electrons. The van der Waals surface area contributed by atoms with Gasteiger partial charge in [-0.05, 0) is 43.0 Å². The molecule has 2 aromatic rings. The molecule has 0 fully saturated rings. The van der Waals surface area contributed by atoms with E-state index in [1.807, 2.05) is 12.1 Å². The van der Waals surface area contributed by atoms with E-state index < -0.39 is 0 Å². The number of hydrogen-bond donors (Lipinski definition) is 1. The summed E-state index contributed by atoms with van der Waals surface area (Å²) in [5.41, 5.74) is 3.61. The van der Waals surface area contributed by atoms with E-state index in [0.29, 0.717) is 6.04 Å². The van der Waals surface area contributed by atoms with E-state index in [2.05, 4.69) is 55.6 Å². The first-order valence-corrected chi connectivity index (χ1v) is 7.13. The fraction of sp³-hybridized carbons (Fsp3) is 0.294. The predicted octanol–water partition coefficient (Wildman–Crippen LogP) is 5.08. The SMILES string of the molecule is CCC(Cc1ccccc1)Nc1cc(C)ccc1Cl. The first-order chi connectivity index (χ1) is 9.19. The third kappa shape index (κ3) is 4.00. The molecule has 2 rings (SSSR count). The van der Waals surface area contributed by atoms with Gasteiger partial charge in [-0.25, -0.2) is 0 Å². The Morgan fingerprint density at radius 2 is 1.84 bits per heavy atom. The Balaban J connectivity index is 2.09. The lowest BCUT2D eigenvalue weighted by molar-refractivity contribution is 0.690. The zero-order valence-electron chi connectivity index (χ0n) is 11.5. The molecular formula is C17H20ClN. The molecule has 0 aromatic heterocycles. The van der Waals surface area contributed by atoms with E-state index in [1.165, 1.54) is 11.1 Å². The normalized spacial score (nSPS) is 12.2. The topological polar surface area (TPSA) is 12.0 Å². The number of nitrogens with one attached hydrogen (secondary N) is 1. The van der Waals surface area contributed by atoms with Gasteiger partial charge in [-0.2, -0.15) is 0 Å². The molecule has 2 aromatic carbocycles. The van der Waals surface area contributed by atoms with E-state index in [0.717, 1.165) is 23.6 Å². The van der Waals surface area contributed by atoms with Crippen molar-refractivity contribution in [2.45, 2.75) is 32.7 Å². The molecule has 0 saturated carbocycles. The zero-order valence-corrected chi connectivity index (χ0v) is 12.2. The highest BCUT2D eigenvalue weighted by Crippen LogP contribution is 2.24. The molecule has 2 heteroatoms. The van der Waals surface area contributed by atoms with Crippen molar-refractivity contribution < 1.29 is 0 Å². The second-order valence-electron chi connectivity index (χ2n) is 4.92. The molecule has 0 radical (unpaired) electrons. The summed E-state index contributed by atoms with van der Waals surface area (Å²) >= 11 is 6.24. The molecule has 0 spiro atoms. The van der Waals surface area contributed by atoms with Crippen LogP contribution in [0.4, 0.5) is 5.69 Å². The van der Waals surface area contributed by atoms with Crippen LogP contribution >= 0.6 is 11.6 Å². The van der Waals surface area contributed by atoms with E-state index in [-0.39, 0.29) is 0 Å². The Kier molecular flexibility index (Phi) is 4.86. The molecule has 0 aliphatic carbocycles. The van der Waals surface area contributed by atoms with Crippen LogP contribution in [-0.4, -0.2) is 6.04 Å². The van der Waals surface area contributed by atoms with E-state index in [9.17, 15) is 0 Å². The van der Waals surface area contributed by atoms with Crippen molar-refractivity contribution in [2.24, 2.45) is 0 Å². The van der Waals surface area contributed by atoms with Gasteiger partial charge in [-0.15, -0.1) is 0 Å². The summed E-state index contributed by atoms with van der Waals surface area (Å²) in [4.78, 5) is 0. The van der Waals surface area contributed by atoms with E-state index in [4.69, 9.17) is 11.6 Å². The molecule has 1 atom stereocenters. The Morgan fingerprint density at radius 1 is 1.11 bits per heavy atom. The summed E-state index contributed by atoms with van der Waals surface area (Å²) in [6.45, 7) is 4.28. The first kappa shape index (κ1) is 14.0. The standard InChI is InChI=1S/C17H20ClN/c1-3-15(12-14-7-5-4-6-8-14)19-17-11-13(2)9-10-16(17)18/h4-11,15,19H,3,12H2,1-2H3. The van der Waals surface area contributed by atoms with Crippen LogP contribution in [0.3, 0.4) is 0 Å². The van der Waals surface area contributed by atoms with E-state index in [1.54, 1.807) is 0 Å². The van der Waals surface area contributed by atoms with Crippen LogP contribution in [0.15, 0.2) is 48.5 Å². The Bertz CT molecular complexity index is 522. The van der Waals surface area contributed by atoms with Crippen molar-refractivity contribution in [1.82, 2.24) is 0 Å². The highest BCUT2D eigenvalue weighted by molar-refractivity contribution is 6.33. The molecule has 19 heavy (non-hydrogen) atoms. The van der Waals surface area contributed by atoms with Crippen molar-refractivity contribution >= 4 is 17.3 Å². The van der Waals surface area contributed by atoms with Gasteiger partial charge in [-0.3, -0.25) is 0 Å². The minimum absolute atomic E-state index is 0.404. The second kappa shape index (κ2) is 6.63. The van der Waals surface area contributed by atoms with Crippen LogP contribution in [-0.2, 0) is 6.42 Å². The molecule has 1 unspecified atom stereocenters. The molecule has 0 heterocycles. The summed E-state index contributed by atoms with van der Waals surface area (Å²) in [7, 11) is 0. The average Bonchev–Trinajstić information content (AvgIpc) is 2.43. The summed E-state index contributed by atoms with van der Waals surface area (Å²) < 4.78 is 0. The first-order valence-electron chi connectivity index (χ1n) is 6.75. The maximum Gasteiger partial charge on any atom is 0.0637 e. The maximum absolute atomic E-state index is 6.24. The van der Waals surface area contributed by atoms with Gasteiger partial charge in [0.1, 0.15) is 0 Å². The molecular weight excluding hydrogens is 254 g/mol. The molecule has 0 bridgehead atoms. The van der Waals surface area contributed by atoms with Gasteiger partial charge in [0.2, 0.25) is 0 Å². The van der Waals surface area contributed by atoms with Crippen molar-refractivity contribution in [3.8, 4) is 0 Å². The van der Waals surface area contributed by atoms with Crippen molar-refractivity contribution in [3.63, 3.8) is 0 Å². The monoisotopic (exact) mass is 273 g/mol. The third-order valence-electron chi connectivity index (χ3n) is 3.30. The van der Waals surface area contributed by atoms with Crippen LogP contribution in [0.25, 0.3) is 0 Å². The Hall–Kier alpha value is -1.47. The molecule has 0 saturated heterocycles. The summed E-state index contributed by atoms with van der Waals surface area (Å²) in [5, 5.41) is 4.34. The van der Waals surface area contributed by atoms with Crippen LogP contribution in [0, 0.1) is 6.92 Å². The average molecular weight is 274 g/mol. The lowest BCUT2D eigenvalue weighted by Crippen LogP contribution is -2.21. The Morgan fingerprint density at radius 3 is 2.53 bits per heavy atom. The summed E-state index contributed by atoms with van der Waals surface area (Å²) in [6.07, 6.45) is 2.08. The predicted molar refractivity (Wildman–Crippen MR) is 84.0 cm³/mol. The van der Waals surface area contributed by atoms with Gasteiger partial charge in [0.15, 0.2) is 0 Å². The fourth-order valence-electron chi connectivity index (χ4n) is 2.17. The minimum atomic E-state index is 0.404. The van der Waals surface area contributed by atoms with Crippen LogP contribution in [0.5, 0.6) is 0 Å². The number of aryl methyl sites for hydroxylation is 1. The smallest absolute Gasteiger partial charge is 0.0637 e. The molecule has 1 nitrogen and oxygen atoms in total. The van der Waals surface area contributed by atoms with Gasteiger partial charge in [0, 0.05) is 6.04 Å². The molecule has 0 amide bonds. The third-order valence-corrected chi connectivity index (χ3v) is 3.63. The minimum Gasteiger partial charge on any atom is -0.381 e. The lowest BCUT2D eigenvalue weighted by atomic mass is 10.0. The molecule has 0 aliphatic rings. The van der Waals surface area contributed by atoms with Crippen LogP contribution in [0.1, 0.15) is 24.5 Å². The van der Waals surface area contributed by atoms with E-state index >= 15 is 0 Å². The van der Waals surface area contributed by atoms with Crippen molar-refractivity contribution in [1.29, 1.82) is 0 Å². The van der Waals surface area contributed by atoms with Gasteiger partial charge < -0.3 is 5.32 Å². The van der Waals surface area contributed by atoms with Gasteiger partial charge in [-0.1, -0.05) is 54.9 Å². The summed E-state index contributed by atoms with van der Waals surface area (Å²) in [6, 6.07) is 17.1. The van der Waals surface area contributed by atoms with Gasteiger partial charge in [0.25, 0.3) is 0 Å². The molecule has 0 aliphatic heterocycles. The Labute approximate surface area is 120 Å². The second-order valence-corrected chi connectivity index (χ2v) is 5.33. The van der Waals surface area contributed by atoms with Crippen molar-refractivity contribution in [3.05, 3.63) is 64.7 Å². The van der Waals surface area contributed by atoms with Crippen LogP contribution < -0.4 is 5.32 Å². The highest BCUT2D eigenvalue weighted by atomic mass is 35.5. The van der Waals surface area contributed by atoms with Crippen molar-refractivity contribution in [2.75, 3.05) is 5.32 Å². The van der Waals surface area contributed by atoms with Gasteiger partial charge in [0.05, 0.1) is 10.7 Å². The lowest BCUT2D eigenvalue weighted by Gasteiger charge is -2.19. The molecule has 1 N–H and O–H groups in total. The van der Waals surface area contributed by atoms with Crippen LogP contribution in [0.2, 0.25) is 5.02 Å². The number of benzene rings is 2. The number of halogens is 1. The highest BCUT2D eigenvalue weighted by Gasteiger charge is 2.09. The largest absolute Gasteiger partial charge is 0.381 e. The summed E-state index contributed by atoms with van der Waals surface area (Å²) in [5.74, 6) is 0. The zero-order chi connectivity index (χ0) is 13.7. The number of anilines is 1. The maximum atomic E-state index is 6.24. The quantitative estimate of drug-likeness (QED) is 0.801. The van der Waals surface area contributed by atoms with Gasteiger partial charge >= 0.3 is 0 Å². The fourth-order valence-corrected chi connectivity index (χ4v) is 2.34.